The van der Waals surface area contributed by atoms with E-state index in [1.54, 1.807) is 18.2 Å². The first-order valence-electron chi connectivity index (χ1n) is 8.68. The van der Waals surface area contributed by atoms with Crippen LogP contribution in [0.3, 0.4) is 0 Å². The van der Waals surface area contributed by atoms with Crippen molar-refractivity contribution in [1.29, 1.82) is 0 Å². The molecule has 0 heterocycles. The molecule has 0 aromatic heterocycles. The minimum atomic E-state index is -0.667. The molecule has 152 valence electrons. The minimum absolute atomic E-state index is 0.0633. The van der Waals surface area contributed by atoms with Gasteiger partial charge in [-0.25, -0.2) is 5.43 Å². The lowest BCUT2D eigenvalue weighted by Crippen LogP contribution is -2.18. The molecule has 0 saturated heterocycles. The van der Waals surface area contributed by atoms with Crippen molar-refractivity contribution in [2.75, 3.05) is 0 Å². The van der Waals surface area contributed by atoms with Crippen LogP contribution in [0.4, 0.5) is 5.69 Å². The van der Waals surface area contributed by atoms with E-state index in [0.717, 1.165) is 5.56 Å². The van der Waals surface area contributed by atoms with Gasteiger partial charge in [-0.3, -0.25) is 14.9 Å². The van der Waals surface area contributed by atoms with Crippen LogP contribution in [0.25, 0.3) is 0 Å². The van der Waals surface area contributed by atoms with Crippen LogP contribution in [0.1, 0.15) is 21.5 Å². The van der Waals surface area contributed by atoms with E-state index in [1.165, 1.54) is 24.4 Å². The summed E-state index contributed by atoms with van der Waals surface area (Å²) in [6.45, 7) is 0.414. The van der Waals surface area contributed by atoms with Crippen molar-refractivity contribution in [2.24, 2.45) is 5.10 Å². The van der Waals surface area contributed by atoms with Crippen molar-refractivity contribution < 1.29 is 14.5 Å². The van der Waals surface area contributed by atoms with Gasteiger partial charge in [0.15, 0.2) is 0 Å². The Hall–Kier alpha value is -3.04. The van der Waals surface area contributed by atoms with Crippen LogP contribution in [0.2, 0.25) is 0 Å². The van der Waals surface area contributed by atoms with Gasteiger partial charge in [-0.15, -0.1) is 0 Å². The fourth-order valence-electron chi connectivity index (χ4n) is 2.57. The highest BCUT2D eigenvalue weighted by Crippen LogP contribution is 2.35. The maximum atomic E-state index is 12.2. The van der Waals surface area contributed by atoms with Gasteiger partial charge in [-0.2, -0.15) is 5.10 Å². The van der Waals surface area contributed by atoms with Crippen LogP contribution in [0.5, 0.6) is 5.75 Å². The molecule has 3 rings (SSSR count). The summed E-state index contributed by atoms with van der Waals surface area (Å²) in [6, 6.07) is 19.0. The molecule has 1 amide bonds. The number of hydrogen-bond acceptors (Lipinski definition) is 5. The molecule has 30 heavy (non-hydrogen) atoms. The zero-order valence-electron chi connectivity index (χ0n) is 15.4. The second-order valence-electron chi connectivity index (χ2n) is 6.06. The average Bonchev–Trinajstić information content (AvgIpc) is 2.73. The van der Waals surface area contributed by atoms with Crippen molar-refractivity contribution >= 4 is 49.7 Å². The molecule has 0 aliphatic heterocycles. The summed E-state index contributed by atoms with van der Waals surface area (Å²) in [5.74, 6) is -0.0283. The number of hydrazone groups is 1. The second-order valence-corrected chi connectivity index (χ2v) is 7.77. The van der Waals surface area contributed by atoms with E-state index in [1.807, 2.05) is 30.3 Å². The molecule has 0 atom stereocenters. The number of para-hydroxylation sites is 1. The zero-order valence-corrected chi connectivity index (χ0v) is 18.6. The molecule has 7 nitrogen and oxygen atoms in total. The van der Waals surface area contributed by atoms with Gasteiger partial charge < -0.3 is 4.74 Å². The number of nitro benzene ring substituents is 1. The number of carbonyl (C=O) groups is 1. The monoisotopic (exact) mass is 531 g/mol. The maximum Gasteiger partial charge on any atom is 0.282 e. The lowest BCUT2D eigenvalue weighted by Gasteiger charge is -2.11. The first-order chi connectivity index (χ1) is 14.5. The van der Waals surface area contributed by atoms with Gasteiger partial charge >= 0.3 is 0 Å². The molecule has 9 heteroatoms. The lowest BCUT2D eigenvalue weighted by molar-refractivity contribution is -0.385. The number of carbonyl (C=O) groups excluding carboxylic acids is 1. The Morgan fingerprint density at radius 3 is 2.37 bits per heavy atom. The normalized spacial score (nSPS) is 10.7. The highest BCUT2D eigenvalue weighted by molar-refractivity contribution is 9.11. The van der Waals surface area contributed by atoms with Crippen LogP contribution >= 0.6 is 31.9 Å². The third-order valence-corrected chi connectivity index (χ3v) is 5.15. The molecular weight excluding hydrogens is 518 g/mol. The van der Waals surface area contributed by atoms with Crippen LogP contribution in [-0.2, 0) is 6.61 Å². The summed E-state index contributed by atoms with van der Waals surface area (Å²) in [5, 5.41) is 14.9. The van der Waals surface area contributed by atoms with Gasteiger partial charge in [0.2, 0.25) is 0 Å². The van der Waals surface area contributed by atoms with Gasteiger partial charge in [-0.1, -0.05) is 42.5 Å². The van der Waals surface area contributed by atoms with Crippen molar-refractivity contribution in [3.8, 4) is 5.75 Å². The van der Waals surface area contributed by atoms with Crippen molar-refractivity contribution in [2.45, 2.75) is 6.61 Å². The molecular formula is C21H15Br2N3O4. The number of amides is 1. The van der Waals surface area contributed by atoms with Gasteiger partial charge in [0, 0.05) is 6.07 Å². The quantitative estimate of drug-likeness (QED) is 0.248. The Morgan fingerprint density at radius 2 is 1.70 bits per heavy atom. The van der Waals surface area contributed by atoms with Crippen LogP contribution in [0, 0.1) is 10.1 Å². The van der Waals surface area contributed by atoms with Gasteiger partial charge in [-0.05, 0) is 61.2 Å². The Kier molecular flexibility index (Phi) is 7.31. The number of nitrogens with one attached hydrogen (secondary N) is 1. The molecule has 0 unspecified atom stereocenters. The van der Waals surface area contributed by atoms with Crippen LogP contribution in [-0.4, -0.2) is 17.0 Å². The standard InChI is InChI=1S/C21H15Br2N3O4/c22-17-10-15(11-18(23)20(17)30-13-14-6-2-1-3-7-14)12-24-25-21(27)16-8-4-5-9-19(16)26(28)29/h1-12H,13H2,(H,25,27)/b24-12-. The molecule has 0 spiro atoms. The van der Waals surface area contributed by atoms with Crippen LogP contribution < -0.4 is 10.2 Å². The van der Waals surface area contributed by atoms with Crippen molar-refractivity contribution in [1.82, 2.24) is 5.43 Å². The van der Waals surface area contributed by atoms with E-state index in [4.69, 9.17) is 4.74 Å². The Labute approximate surface area is 189 Å². The summed E-state index contributed by atoms with van der Waals surface area (Å²) in [5.41, 5.74) is 3.69. The van der Waals surface area contributed by atoms with Crippen molar-refractivity contribution in [3.63, 3.8) is 0 Å². The third-order valence-electron chi connectivity index (χ3n) is 3.97. The maximum absolute atomic E-state index is 12.2. The summed E-state index contributed by atoms with van der Waals surface area (Å²) in [7, 11) is 0. The predicted octanol–water partition coefficient (Wildman–Crippen LogP) is 5.46. The predicted molar refractivity (Wildman–Crippen MR) is 121 cm³/mol. The van der Waals surface area contributed by atoms with Crippen LogP contribution in [0.15, 0.2) is 80.8 Å². The number of halogens is 2. The molecule has 0 bridgehead atoms. The molecule has 0 fully saturated rings. The SMILES string of the molecule is O=C(N/N=C\c1cc(Br)c(OCc2ccccc2)c(Br)c1)c1ccccc1[N+](=O)[O-]. The van der Waals surface area contributed by atoms with E-state index >= 15 is 0 Å². The molecule has 0 saturated carbocycles. The Morgan fingerprint density at radius 1 is 1.07 bits per heavy atom. The molecule has 0 aliphatic carbocycles. The topological polar surface area (TPSA) is 93.8 Å². The highest BCUT2D eigenvalue weighted by Gasteiger charge is 2.18. The summed E-state index contributed by atoms with van der Waals surface area (Å²) < 4.78 is 7.29. The summed E-state index contributed by atoms with van der Waals surface area (Å²) in [4.78, 5) is 22.6. The molecule has 0 aliphatic rings. The van der Waals surface area contributed by atoms with Gasteiger partial charge in [0.25, 0.3) is 11.6 Å². The van der Waals surface area contributed by atoms with E-state index in [2.05, 4.69) is 42.4 Å². The fourth-order valence-corrected chi connectivity index (χ4v) is 4.02. The van der Waals surface area contributed by atoms with Gasteiger partial charge in [0.1, 0.15) is 17.9 Å². The number of nitro groups is 1. The second kappa shape index (κ2) is 10.1. The zero-order chi connectivity index (χ0) is 21.5. The van der Waals surface area contributed by atoms with Crippen molar-refractivity contribution in [3.05, 3.63) is 102 Å². The van der Waals surface area contributed by atoms with E-state index in [-0.39, 0.29) is 11.3 Å². The number of nitrogens with zero attached hydrogens (tertiary/aromatic N) is 2. The minimum Gasteiger partial charge on any atom is -0.487 e. The lowest BCUT2D eigenvalue weighted by atomic mass is 10.2. The molecule has 3 aromatic carbocycles. The van der Waals surface area contributed by atoms with E-state index in [9.17, 15) is 14.9 Å². The Bertz CT molecular complexity index is 1080. The first kappa shape index (κ1) is 21.7. The average molecular weight is 533 g/mol. The third kappa shape index (κ3) is 5.52. The molecule has 3 aromatic rings. The number of ether oxygens (including phenoxy) is 1. The number of rotatable bonds is 7. The molecule has 1 N–H and O–H groups in total. The fraction of sp³-hybridized carbons (Fsp3) is 0.0476. The largest absolute Gasteiger partial charge is 0.487 e. The number of benzene rings is 3. The highest BCUT2D eigenvalue weighted by atomic mass is 79.9. The van der Waals surface area contributed by atoms with E-state index in [0.29, 0.717) is 26.9 Å². The summed E-state index contributed by atoms with van der Waals surface area (Å²) >= 11 is 6.95. The first-order valence-corrected chi connectivity index (χ1v) is 10.3. The smallest absolute Gasteiger partial charge is 0.282 e. The van der Waals surface area contributed by atoms with Gasteiger partial charge in [0.05, 0.1) is 20.1 Å². The summed E-state index contributed by atoms with van der Waals surface area (Å²) in [6.07, 6.45) is 1.43. The molecule has 0 radical (unpaired) electrons. The number of hydrogen-bond donors (Lipinski definition) is 1. The van der Waals surface area contributed by atoms with E-state index < -0.39 is 10.8 Å². The Balaban J connectivity index is 1.68.